The van der Waals surface area contributed by atoms with Crippen molar-refractivity contribution in [3.63, 3.8) is 0 Å². The number of hydrogen-bond acceptors (Lipinski definition) is 6. The summed E-state index contributed by atoms with van der Waals surface area (Å²) in [7, 11) is 2.06. The zero-order valence-corrected chi connectivity index (χ0v) is 25.1. The molecule has 1 N–H and O–H groups in total. The van der Waals surface area contributed by atoms with E-state index in [1.165, 1.54) is 6.20 Å². The van der Waals surface area contributed by atoms with Crippen molar-refractivity contribution in [2.75, 3.05) is 25.5 Å². The van der Waals surface area contributed by atoms with E-state index in [4.69, 9.17) is 9.47 Å². The lowest BCUT2D eigenvalue weighted by Crippen LogP contribution is -2.48. The molecule has 0 saturated heterocycles. The molecule has 8 nitrogen and oxygen atoms in total. The van der Waals surface area contributed by atoms with E-state index in [9.17, 15) is 9.59 Å². The van der Waals surface area contributed by atoms with E-state index in [0.29, 0.717) is 42.2 Å². The number of hydrogen-bond donors (Lipinski definition) is 1. The lowest BCUT2D eigenvalue weighted by Gasteiger charge is -2.38. The minimum absolute atomic E-state index is 0.00420. The topological polar surface area (TPSA) is 84.0 Å². The van der Waals surface area contributed by atoms with Gasteiger partial charge in [0.1, 0.15) is 17.6 Å². The van der Waals surface area contributed by atoms with Gasteiger partial charge in [0.15, 0.2) is 5.75 Å². The second-order valence-corrected chi connectivity index (χ2v) is 11.3. The van der Waals surface area contributed by atoms with Crippen molar-refractivity contribution in [2.45, 2.75) is 39.5 Å². The second-order valence-electron chi connectivity index (χ2n) is 11.3. The lowest BCUT2D eigenvalue weighted by atomic mass is 9.99. The molecule has 0 saturated carbocycles. The SMILES string of the molecule is CC(C)N1C[C@H](C)C(CN(C)Cc2ccc(Oc3ccccc3)cc2)Oc2c(NC(=O)c3cccnc3)cccc2C1=O. The molecule has 8 heteroatoms. The Morgan fingerprint density at radius 3 is 2.47 bits per heavy atom. The molecule has 5 rings (SSSR count). The van der Waals surface area contributed by atoms with Crippen LogP contribution in [0, 0.1) is 5.92 Å². The van der Waals surface area contributed by atoms with Crippen LogP contribution in [0.1, 0.15) is 47.1 Å². The summed E-state index contributed by atoms with van der Waals surface area (Å²) in [6.45, 7) is 8.04. The van der Waals surface area contributed by atoms with Crippen LogP contribution in [0.2, 0.25) is 0 Å². The Bertz CT molecular complexity index is 1530. The van der Waals surface area contributed by atoms with Gasteiger partial charge >= 0.3 is 0 Å². The van der Waals surface area contributed by atoms with E-state index in [2.05, 4.69) is 41.3 Å². The van der Waals surface area contributed by atoms with Gasteiger partial charge in [0.2, 0.25) is 0 Å². The first-order valence-electron chi connectivity index (χ1n) is 14.6. The highest BCUT2D eigenvalue weighted by Gasteiger charge is 2.34. The van der Waals surface area contributed by atoms with Gasteiger partial charge in [-0.2, -0.15) is 0 Å². The number of nitrogens with zero attached hydrogens (tertiary/aromatic N) is 3. The summed E-state index contributed by atoms with van der Waals surface area (Å²) in [5, 5.41) is 2.95. The average Bonchev–Trinajstić information content (AvgIpc) is 3.01. The van der Waals surface area contributed by atoms with Crippen molar-refractivity contribution in [1.82, 2.24) is 14.8 Å². The Kier molecular flexibility index (Phi) is 9.37. The van der Waals surface area contributed by atoms with Gasteiger partial charge in [-0.1, -0.05) is 43.3 Å². The van der Waals surface area contributed by atoms with Gasteiger partial charge in [-0.05, 0) is 75.0 Å². The van der Waals surface area contributed by atoms with Gasteiger partial charge in [-0.3, -0.25) is 19.5 Å². The monoisotopic (exact) mass is 578 g/mol. The summed E-state index contributed by atoms with van der Waals surface area (Å²) >= 11 is 0. The highest BCUT2D eigenvalue weighted by atomic mass is 16.5. The van der Waals surface area contributed by atoms with Gasteiger partial charge in [-0.25, -0.2) is 0 Å². The quantitative estimate of drug-likeness (QED) is 0.244. The van der Waals surface area contributed by atoms with Gasteiger partial charge in [0, 0.05) is 44.0 Å². The van der Waals surface area contributed by atoms with Crippen molar-refractivity contribution in [1.29, 1.82) is 0 Å². The molecule has 4 aromatic rings. The summed E-state index contributed by atoms with van der Waals surface area (Å²) in [4.78, 5) is 34.9. The molecule has 1 aromatic heterocycles. The van der Waals surface area contributed by atoms with Gasteiger partial charge in [-0.15, -0.1) is 0 Å². The maximum atomic E-state index is 13.7. The van der Waals surface area contributed by atoms with Crippen LogP contribution in [-0.4, -0.2) is 58.9 Å². The molecule has 1 aliphatic rings. The van der Waals surface area contributed by atoms with Crippen LogP contribution >= 0.6 is 0 Å². The van der Waals surface area contributed by atoms with E-state index >= 15 is 0 Å². The molecule has 0 spiro atoms. The third-order valence-corrected chi connectivity index (χ3v) is 7.54. The van der Waals surface area contributed by atoms with Crippen LogP contribution in [0.4, 0.5) is 5.69 Å². The molecular formula is C35H38N4O4. The highest BCUT2D eigenvalue weighted by molar-refractivity contribution is 6.07. The number of amides is 2. The number of nitrogens with one attached hydrogen (secondary N) is 1. The number of fused-ring (bicyclic) bond motifs is 1. The predicted octanol–water partition coefficient (Wildman–Crippen LogP) is 6.51. The number of benzene rings is 3. The Morgan fingerprint density at radius 2 is 1.77 bits per heavy atom. The number of anilines is 1. The fourth-order valence-electron chi connectivity index (χ4n) is 5.19. The van der Waals surface area contributed by atoms with Crippen LogP contribution in [0.3, 0.4) is 0 Å². The Labute approximate surface area is 253 Å². The number of carbonyl (C=O) groups excluding carboxylic acids is 2. The molecule has 222 valence electrons. The van der Waals surface area contributed by atoms with E-state index < -0.39 is 0 Å². The number of pyridine rings is 1. The third kappa shape index (κ3) is 7.40. The van der Waals surface area contributed by atoms with Crippen molar-refractivity contribution in [3.8, 4) is 17.2 Å². The van der Waals surface area contributed by atoms with Gasteiger partial charge in [0.05, 0.1) is 16.8 Å². The molecule has 43 heavy (non-hydrogen) atoms. The van der Waals surface area contributed by atoms with E-state index in [1.54, 1.807) is 36.5 Å². The van der Waals surface area contributed by atoms with Crippen molar-refractivity contribution >= 4 is 17.5 Å². The Hall–Kier alpha value is -4.69. The maximum Gasteiger partial charge on any atom is 0.257 e. The van der Waals surface area contributed by atoms with Crippen molar-refractivity contribution < 1.29 is 19.1 Å². The first-order chi connectivity index (χ1) is 20.8. The maximum absolute atomic E-state index is 13.7. The van der Waals surface area contributed by atoms with Gasteiger partial charge < -0.3 is 19.7 Å². The van der Waals surface area contributed by atoms with Crippen molar-refractivity contribution in [3.05, 3.63) is 114 Å². The van der Waals surface area contributed by atoms with Crippen LogP contribution < -0.4 is 14.8 Å². The molecule has 2 amide bonds. The van der Waals surface area contributed by atoms with Crippen LogP contribution in [0.5, 0.6) is 17.2 Å². The zero-order valence-electron chi connectivity index (χ0n) is 25.1. The molecule has 1 unspecified atom stereocenters. The largest absolute Gasteiger partial charge is 0.486 e. The smallest absolute Gasteiger partial charge is 0.257 e. The minimum atomic E-state index is -0.318. The number of rotatable bonds is 9. The molecular weight excluding hydrogens is 540 g/mol. The number of para-hydroxylation sites is 2. The molecule has 0 bridgehead atoms. The highest BCUT2D eigenvalue weighted by Crippen LogP contribution is 2.35. The number of likely N-dealkylation sites (N-methyl/N-ethyl adjacent to an activating group) is 1. The Morgan fingerprint density at radius 1 is 1.02 bits per heavy atom. The lowest BCUT2D eigenvalue weighted by molar-refractivity contribution is 0.0433. The summed E-state index contributed by atoms with van der Waals surface area (Å²) in [6.07, 6.45) is 2.89. The van der Waals surface area contributed by atoms with Crippen molar-refractivity contribution in [2.24, 2.45) is 5.92 Å². The number of ether oxygens (including phenoxy) is 2. The second kappa shape index (κ2) is 13.5. The van der Waals surface area contributed by atoms with E-state index in [1.807, 2.05) is 61.2 Å². The van der Waals surface area contributed by atoms with Crippen LogP contribution in [-0.2, 0) is 6.54 Å². The summed E-state index contributed by atoms with van der Waals surface area (Å²) in [6, 6.07) is 26.5. The molecule has 2 heterocycles. The first kappa shape index (κ1) is 29.8. The minimum Gasteiger partial charge on any atom is -0.486 e. The third-order valence-electron chi connectivity index (χ3n) is 7.54. The summed E-state index contributed by atoms with van der Waals surface area (Å²) in [5.74, 6) is 1.58. The molecule has 0 radical (unpaired) electrons. The normalized spacial score (nSPS) is 16.7. The fourth-order valence-corrected chi connectivity index (χ4v) is 5.19. The average molecular weight is 579 g/mol. The number of aromatic nitrogens is 1. The molecule has 0 fully saturated rings. The number of carbonyl (C=O) groups is 2. The molecule has 3 aromatic carbocycles. The van der Waals surface area contributed by atoms with Gasteiger partial charge in [0.25, 0.3) is 11.8 Å². The molecule has 0 aliphatic carbocycles. The van der Waals surface area contributed by atoms with Crippen LogP contribution in [0.25, 0.3) is 0 Å². The molecule has 1 aliphatic heterocycles. The zero-order chi connectivity index (χ0) is 30.3. The first-order valence-corrected chi connectivity index (χ1v) is 14.6. The standard InChI is InChI=1S/C35H38N4O4/c1-24(2)39-21-25(3)32(23-38(4)22-26-15-17-29(18-16-26)42-28-11-6-5-7-12-28)43-33-30(35(39)41)13-8-14-31(33)37-34(40)27-10-9-19-36-20-27/h5-20,24-25,32H,21-23H2,1-4H3,(H,37,40)/t25-,32?/m0/s1. The Balaban J connectivity index is 1.35. The summed E-state index contributed by atoms with van der Waals surface area (Å²) in [5.41, 5.74) is 2.46. The fraction of sp³-hybridized carbons (Fsp3) is 0.286. The molecule has 2 atom stereocenters. The van der Waals surface area contributed by atoms with E-state index in [-0.39, 0.29) is 29.9 Å². The van der Waals surface area contributed by atoms with E-state index in [0.717, 1.165) is 17.1 Å². The van der Waals surface area contributed by atoms with Crippen LogP contribution in [0.15, 0.2) is 97.3 Å². The predicted molar refractivity (Wildman–Crippen MR) is 168 cm³/mol. The summed E-state index contributed by atoms with van der Waals surface area (Å²) < 4.78 is 12.6.